The topological polar surface area (TPSA) is 36.4 Å². The van der Waals surface area contributed by atoms with Crippen LogP contribution in [0.25, 0.3) is 0 Å². The molecule has 0 aromatic heterocycles. The third-order valence-electron chi connectivity index (χ3n) is 6.98. The second-order valence-electron chi connectivity index (χ2n) is 9.91. The molecule has 0 saturated heterocycles. The molecule has 3 nitrogen and oxygen atoms in total. The van der Waals surface area contributed by atoms with Crippen molar-refractivity contribution in [3.63, 3.8) is 0 Å². The van der Waals surface area contributed by atoms with E-state index in [1.54, 1.807) is 0 Å². The van der Waals surface area contributed by atoms with E-state index in [-0.39, 0.29) is 0 Å². The van der Waals surface area contributed by atoms with Gasteiger partial charge in [-0.3, -0.25) is 4.99 Å². The van der Waals surface area contributed by atoms with E-state index >= 15 is 0 Å². The first kappa shape index (κ1) is 25.7. The Morgan fingerprint density at radius 1 is 0.909 bits per heavy atom. The lowest BCUT2D eigenvalue weighted by molar-refractivity contribution is 0.472. The smallest absolute Gasteiger partial charge is 0.128 e. The van der Waals surface area contributed by atoms with Gasteiger partial charge in [-0.2, -0.15) is 0 Å². The molecule has 0 fully saturated rings. The van der Waals surface area contributed by atoms with Crippen LogP contribution >= 0.6 is 0 Å². The second kappa shape index (κ2) is 15.9. The number of aliphatic imine (C=N–C) groups is 1. The minimum absolute atomic E-state index is 0.651. The van der Waals surface area contributed by atoms with Crippen molar-refractivity contribution in [1.82, 2.24) is 10.6 Å². The molecular formula is C30H47N3. The van der Waals surface area contributed by atoms with Crippen LogP contribution in [0, 0.1) is 5.92 Å². The molecule has 0 spiro atoms. The van der Waals surface area contributed by atoms with Crippen molar-refractivity contribution in [2.75, 3.05) is 26.2 Å². The Hall–Kier alpha value is -1.87. The molecule has 1 unspecified atom stereocenters. The van der Waals surface area contributed by atoms with Gasteiger partial charge in [-0.1, -0.05) is 93.5 Å². The van der Waals surface area contributed by atoms with Crippen LogP contribution in [0.4, 0.5) is 0 Å². The molecule has 182 valence electrons. The molecule has 1 heterocycles. The second-order valence-corrected chi connectivity index (χ2v) is 9.91. The maximum atomic E-state index is 4.86. The van der Waals surface area contributed by atoms with Gasteiger partial charge in [0.1, 0.15) is 5.84 Å². The Bertz CT molecular complexity index is 744. The highest BCUT2D eigenvalue weighted by Gasteiger charge is 2.16. The number of amidine groups is 1. The molecule has 1 aliphatic carbocycles. The SMILES string of the molecule is CCCCCCCCCNCCCc1ccc(C2=NCC(CCC3=CCCC=C3)CN2)cc1. The molecule has 1 aliphatic heterocycles. The summed E-state index contributed by atoms with van der Waals surface area (Å²) in [6.07, 6.45) is 23.9. The van der Waals surface area contributed by atoms with E-state index in [2.05, 4.69) is 60.1 Å². The molecule has 1 atom stereocenters. The van der Waals surface area contributed by atoms with Gasteiger partial charge in [0.25, 0.3) is 0 Å². The van der Waals surface area contributed by atoms with Crippen LogP contribution in [0.1, 0.15) is 95.1 Å². The average Bonchev–Trinajstić information content (AvgIpc) is 2.87. The third kappa shape index (κ3) is 10.3. The van der Waals surface area contributed by atoms with Crippen LogP contribution < -0.4 is 10.6 Å². The number of hydrogen-bond donors (Lipinski definition) is 2. The minimum Gasteiger partial charge on any atom is -0.370 e. The number of benzene rings is 1. The van der Waals surface area contributed by atoms with E-state index in [4.69, 9.17) is 4.99 Å². The zero-order chi connectivity index (χ0) is 23.0. The summed E-state index contributed by atoms with van der Waals surface area (Å²) in [6, 6.07) is 9.05. The molecule has 0 saturated carbocycles. The quantitative estimate of drug-likeness (QED) is 0.267. The number of nitrogens with zero attached hydrogens (tertiary/aromatic N) is 1. The van der Waals surface area contributed by atoms with Crippen LogP contribution in [0.2, 0.25) is 0 Å². The number of aryl methyl sites for hydroxylation is 1. The van der Waals surface area contributed by atoms with Gasteiger partial charge in [0.05, 0.1) is 0 Å². The van der Waals surface area contributed by atoms with Crippen molar-refractivity contribution < 1.29 is 0 Å². The van der Waals surface area contributed by atoms with Gasteiger partial charge in [0.2, 0.25) is 0 Å². The van der Waals surface area contributed by atoms with Crippen molar-refractivity contribution in [2.45, 2.75) is 90.4 Å². The fourth-order valence-electron chi connectivity index (χ4n) is 4.77. The van der Waals surface area contributed by atoms with Gasteiger partial charge in [-0.25, -0.2) is 0 Å². The Kier molecular flexibility index (Phi) is 12.4. The molecule has 0 amide bonds. The van der Waals surface area contributed by atoms with Crippen molar-refractivity contribution in [1.29, 1.82) is 0 Å². The summed E-state index contributed by atoms with van der Waals surface area (Å²) in [4.78, 5) is 4.86. The average molecular weight is 450 g/mol. The normalized spacial score (nSPS) is 18.0. The molecule has 33 heavy (non-hydrogen) atoms. The Balaban J connectivity index is 1.25. The molecular weight excluding hydrogens is 402 g/mol. The molecule has 2 aliphatic rings. The van der Waals surface area contributed by atoms with E-state index in [1.807, 2.05) is 0 Å². The van der Waals surface area contributed by atoms with Gasteiger partial charge in [0.15, 0.2) is 0 Å². The summed E-state index contributed by atoms with van der Waals surface area (Å²) >= 11 is 0. The van der Waals surface area contributed by atoms with Crippen LogP contribution in [0.15, 0.2) is 53.1 Å². The highest BCUT2D eigenvalue weighted by molar-refractivity contribution is 5.99. The third-order valence-corrected chi connectivity index (χ3v) is 6.98. The van der Waals surface area contributed by atoms with Crippen LogP contribution in [-0.2, 0) is 6.42 Å². The molecule has 0 bridgehead atoms. The highest BCUT2D eigenvalue weighted by atomic mass is 15.0. The molecule has 1 aromatic rings. The Labute approximate surface area is 203 Å². The lowest BCUT2D eigenvalue weighted by Gasteiger charge is -2.23. The summed E-state index contributed by atoms with van der Waals surface area (Å²) in [6.45, 7) is 6.58. The molecule has 2 N–H and O–H groups in total. The molecule has 1 aromatic carbocycles. The Morgan fingerprint density at radius 3 is 2.42 bits per heavy atom. The standard InChI is InChI=1S/C30H47N3/c1-2-3-4-5-6-7-11-22-31-23-12-15-27-18-20-29(21-19-27)30-32-24-28(25-33-30)17-16-26-13-9-8-10-14-26/h9,13-14,18-21,28,31H,2-8,10-12,15-17,22-25H2,1H3,(H,32,33). The highest BCUT2D eigenvalue weighted by Crippen LogP contribution is 2.20. The first-order valence-electron chi connectivity index (χ1n) is 13.8. The zero-order valence-electron chi connectivity index (χ0n) is 21.1. The molecule has 0 radical (unpaired) electrons. The summed E-state index contributed by atoms with van der Waals surface area (Å²) in [5, 5.41) is 7.21. The van der Waals surface area contributed by atoms with Gasteiger partial charge < -0.3 is 10.6 Å². The number of allylic oxidation sites excluding steroid dienone is 4. The fourth-order valence-corrected chi connectivity index (χ4v) is 4.77. The monoisotopic (exact) mass is 449 g/mol. The lowest BCUT2D eigenvalue weighted by Crippen LogP contribution is -2.36. The van der Waals surface area contributed by atoms with E-state index < -0.39 is 0 Å². The van der Waals surface area contributed by atoms with Crippen molar-refractivity contribution in [2.24, 2.45) is 10.9 Å². The lowest BCUT2D eigenvalue weighted by atomic mass is 9.95. The van der Waals surface area contributed by atoms with Gasteiger partial charge in [0, 0.05) is 18.7 Å². The van der Waals surface area contributed by atoms with E-state index in [0.717, 1.165) is 31.9 Å². The number of nitrogens with one attached hydrogen (secondary N) is 2. The van der Waals surface area contributed by atoms with E-state index in [1.165, 1.54) is 100 Å². The fraction of sp³-hybridized carbons (Fsp3) is 0.633. The summed E-state index contributed by atoms with van der Waals surface area (Å²) in [5.74, 6) is 1.73. The van der Waals surface area contributed by atoms with Crippen molar-refractivity contribution in [3.8, 4) is 0 Å². The van der Waals surface area contributed by atoms with Crippen molar-refractivity contribution in [3.05, 3.63) is 59.2 Å². The predicted molar refractivity (Wildman–Crippen MR) is 144 cm³/mol. The Morgan fingerprint density at radius 2 is 1.70 bits per heavy atom. The van der Waals surface area contributed by atoms with E-state index in [9.17, 15) is 0 Å². The van der Waals surface area contributed by atoms with Crippen molar-refractivity contribution >= 4 is 5.84 Å². The van der Waals surface area contributed by atoms with Gasteiger partial charge in [-0.05, 0) is 69.5 Å². The number of hydrogen-bond acceptors (Lipinski definition) is 3. The minimum atomic E-state index is 0.651. The maximum Gasteiger partial charge on any atom is 0.128 e. The molecule has 3 heteroatoms. The first-order chi connectivity index (χ1) is 16.3. The van der Waals surface area contributed by atoms with E-state index in [0.29, 0.717) is 5.92 Å². The largest absolute Gasteiger partial charge is 0.370 e. The van der Waals surface area contributed by atoms with Gasteiger partial charge in [-0.15, -0.1) is 0 Å². The predicted octanol–water partition coefficient (Wildman–Crippen LogP) is 6.98. The van der Waals surface area contributed by atoms with Gasteiger partial charge >= 0.3 is 0 Å². The van der Waals surface area contributed by atoms with Crippen LogP contribution in [0.5, 0.6) is 0 Å². The first-order valence-corrected chi connectivity index (χ1v) is 13.8. The zero-order valence-corrected chi connectivity index (χ0v) is 21.1. The van der Waals surface area contributed by atoms with Crippen LogP contribution in [-0.4, -0.2) is 32.0 Å². The molecule has 3 rings (SSSR count). The maximum absolute atomic E-state index is 4.86. The summed E-state index contributed by atoms with van der Waals surface area (Å²) in [5.41, 5.74) is 4.17. The number of unbranched alkanes of at least 4 members (excludes halogenated alkanes) is 6. The summed E-state index contributed by atoms with van der Waals surface area (Å²) in [7, 11) is 0. The summed E-state index contributed by atoms with van der Waals surface area (Å²) < 4.78 is 0. The van der Waals surface area contributed by atoms with Crippen LogP contribution in [0.3, 0.4) is 0 Å². The number of rotatable bonds is 16.